The van der Waals surface area contributed by atoms with E-state index in [1.54, 1.807) is 0 Å². The Morgan fingerprint density at radius 2 is 1.30 bits per heavy atom. The van der Waals surface area contributed by atoms with Crippen molar-refractivity contribution < 1.29 is 19.0 Å². The number of benzene rings is 3. The summed E-state index contributed by atoms with van der Waals surface area (Å²) in [6, 6.07) is 28.2. The quantitative estimate of drug-likeness (QED) is 0.512. The fraction of sp³-hybridized carbons (Fsp3) is 0.269. The normalized spacial score (nSPS) is 15.5. The van der Waals surface area contributed by atoms with E-state index in [4.69, 9.17) is 14.2 Å². The molecule has 4 heteroatoms. The molecule has 0 saturated carbocycles. The summed E-state index contributed by atoms with van der Waals surface area (Å²) in [5, 5.41) is 0. The minimum Gasteiger partial charge on any atom is -0.459 e. The largest absolute Gasteiger partial charge is 0.459 e. The number of carbonyl (C=O) groups excluding carboxylic acids is 1. The van der Waals surface area contributed by atoms with Crippen molar-refractivity contribution in [3.8, 4) is 11.1 Å². The van der Waals surface area contributed by atoms with Crippen LogP contribution in [0.1, 0.15) is 24.0 Å². The van der Waals surface area contributed by atoms with Crippen LogP contribution in [-0.4, -0.2) is 24.8 Å². The molecular weight excluding hydrogens is 376 g/mol. The lowest BCUT2D eigenvalue weighted by Crippen LogP contribution is -2.47. The third-order valence-electron chi connectivity index (χ3n) is 5.46. The third-order valence-corrected chi connectivity index (χ3v) is 5.46. The van der Waals surface area contributed by atoms with Gasteiger partial charge in [0.05, 0.1) is 6.61 Å². The Morgan fingerprint density at radius 1 is 0.733 bits per heavy atom. The number of rotatable bonds is 7. The molecule has 0 atom stereocenters. The van der Waals surface area contributed by atoms with E-state index in [0.717, 1.165) is 16.7 Å². The smallest absolute Gasteiger partial charge is 0.338 e. The number of hydrogen-bond donors (Lipinski definition) is 0. The Morgan fingerprint density at radius 3 is 1.97 bits per heavy atom. The van der Waals surface area contributed by atoms with Crippen LogP contribution in [0, 0.1) is 0 Å². The summed E-state index contributed by atoms with van der Waals surface area (Å²) in [5.41, 5.74) is 3.37. The standard InChI is InChI=1S/C26H26O4/c27-25(29-19-21-7-3-1-4-8-21)26(15-17-28-18-16-26)30-20-22-11-13-24(14-12-22)23-9-5-2-6-10-23/h1-14H,15-20H2. The molecule has 1 aliphatic heterocycles. The van der Waals surface area contributed by atoms with Gasteiger partial charge in [0, 0.05) is 26.1 Å². The van der Waals surface area contributed by atoms with Crippen LogP contribution < -0.4 is 0 Å². The molecule has 0 radical (unpaired) electrons. The van der Waals surface area contributed by atoms with Gasteiger partial charge < -0.3 is 14.2 Å². The molecule has 0 bridgehead atoms. The van der Waals surface area contributed by atoms with Crippen molar-refractivity contribution in [2.75, 3.05) is 13.2 Å². The van der Waals surface area contributed by atoms with Crippen LogP contribution >= 0.6 is 0 Å². The van der Waals surface area contributed by atoms with E-state index >= 15 is 0 Å². The van der Waals surface area contributed by atoms with Crippen LogP contribution in [0.25, 0.3) is 11.1 Å². The van der Waals surface area contributed by atoms with Gasteiger partial charge >= 0.3 is 5.97 Å². The van der Waals surface area contributed by atoms with E-state index in [1.807, 2.05) is 60.7 Å². The second kappa shape index (κ2) is 9.70. The van der Waals surface area contributed by atoms with Crippen LogP contribution in [0.5, 0.6) is 0 Å². The van der Waals surface area contributed by atoms with Crippen molar-refractivity contribution in [2.45, 2.75) is 31.7 Å². The van der Waals surface area contributed by atoms with Crippen LogP contribution in [0.3, 0.4) is 0 Å². The third kappa shape index (κ3) is 4.96. The highest BCUT2D eigenvalue weighted by atomic mass is 16.6. The molecule has 3 aromatic carbocycles. The molecule has 1 heterocycles. The van der Waals surface area contributed by atoms with Gasteiger partial charge in [0.1, 0.15) is 6.61 Å². The van der Waals surface area contributed by atoms with Gasteiger partial charge in [-0.1, -0.05) is 84.9 Å². The van der Waals surface area contributed by atoms with E-state index in [0.29, 0.717) is 32.7 Å². The van der Waals surface area contributed by atoms with E-state index < -0.39 is 5.60 Å². The van der Waals surface area contributed by atoms with Gasteiger partial charge in [-0.15, -0.1) is 0 Å². The molecule has 0 aliphatic carbocycles. The van der Waals surface area contributed by atoms with Gasteiger partial charge in [0.15, 0.2) is 5.60 Å². The molecule has 1 aliphatic rings. The van der Waals surface area contributed by atoms with Crippen molar-refractivity contribution in [3.05, 3.63) is 96.1 Å². The maximum atomic E-state index is 13.0. The van der Waals surface area contributed by atoms with Crippen molar-refractivity contribution in [3.63, 3.8) is 0 Å². The highest BCUT2D eigenvalue weighted by Crippen LogP contribution is 2.29. The predicted octanol–water partition coefficient (Wildman–Crippen LogP) is 5.16. The molecule has 1 fully saturated rings. The Bertz CT molecular complexity index is 930. The van der Waals surface area contributed by atoms with Crippen LogP contribution in [-0.2, 0) is 32.2 Å². The van der Waals surface area contributed by atoms with Crippen LogP contribution in [0.15, 0.2) is 84.9 Å². The molecule has 4 rings (SSSR count). The molecule has 3 aromatic rings. The molecule has 154 valence electrons. The van der Waals surface area contributed by atoms with Crippen molar-refractivity contribution in [2.24, 2.45) is 0 Å². The Hall–Kier alpha value is -2.95. The molecule has 0 unspecified atom stereocenters. The zero-order valence-corrected chi connectivity index (χ0v) is 17.0. The SMILES string of the molecule is O=C(OCc1ccccc1)C1(OCc2ccc(-c3ccccc3)cc2)CCOCC1. The number of ether oxygens (including phenoxy) is 3. The van der Waals surface area contributed by atoms with E-state index in [-0.39, 0.29) is 12.6 Å². The van der Waals surface area contributed by atoms with E-state index in [9.17, 15) is 4.79 Å². The molecule has 4 nitrogen and oxygen atoms in total. The molecule has 0 amide bonds. The second-order valence-electron chi connectivity index (χ2n) is 7.52. The first-order valence-corrected chi connectivity index (χ1v) is 10.3. The Kier molecular flexibility index (Phi) is 6.57. The highest BCUT2D eigenvalue weighted by molar-refractivity contribution is 5.79. The maximum absolute atomic E-state index is 13.0. The van der Waals surface area contributed by atoms with Gasteiger partial charge in [-0.05, 0) is 22.3 Å². The molecule has 1 saturated heterocycles. The Labute approximate surface area is 177 Å². The molecule has 30 heavy (non-hydrogen) atoms. The van der Waals surface area contributed by atoms with Crippen LogP contribution in [0.4, 0.5) is 0 Å². The molecular formula is C26H26O4. The average Bonchev–Trinajstić information content (AvgIpc) is 2.83. The van der Waals surface area contributed by atoms with Gasteiger partial charge in [-0.2, -0.15) is 0 Å². The number of esters is 1. The highest BCUT2D eigenvalue weighted by Gasteiger charge is 2.43. The van der Waals surface area contributed by atoms with Gasteiger partial charge in [-0.25, -0.2) is 4.79 Å². The first-order valence-electron chi connectivity index (χ1n) is 10.3. The van der Waals surface area contributed by atoms with Crippen molar-refractivity contribution in [1.29, 1.82) is 0 Å². The maximum Gasteiger partial charge on any atom is 0.338 e. The zero-order valence-electron chi connectivity index (χ0n) is 17.0. The lowest BCUT2D eigenvalue weighted by molar-refractivity contribution is -0.188. The second-order valence-corrected chi connectivity index (χ2v) is 7.52. The average molecular weight is 402 g/mol. The summed E-state index contributed by atoms with van der Waals surface area (Å²) in [7, 11) is 0. The molecule has 0 N–H and O–H groups in total. The summed E-state index contributed by atoms with van der Waals surface area (Å²) in [6.07, 6.45) is 1.01. The summed E-state index contributed by atoms with van der Waals surface area (Å²) in [4.78, 5) is 13.0. The summed E-state index contributed by atoms with van der Waals surface area (Å²) >= 11 is 0. The molecule has 0 aromatic heterocycles. The van der Waals surface area contributed by atoms with Gasteiger partial charge in [0.25, 0.3) is 0 Å². The van der Waals surface area contributed by atoms with Crippen molar-refractivity contribution >= 4 is 5.97 Å². The fourth-order valence-corrected chi connectivity index (χ4v) is 3.61. The monoisotopic (exact) mass is 402 g/mol. The lowest BCUT2D eigenvalue weighted by atomic mass is 9.94. The Balaban J connectivity index is 1.40. The molecule has 0 spiro atoms. The topological polar surface area (TPSA) is 44.8 Å². The number of hydrogen-bond acceptors (Lipinski definition) is 4. The van der Waals surface area contributed by atoms with E-state index in [1.165, 1.54) is 5.56 Å². The summed E-state index contributed by atoms with van der Waals surface area (Å²) < 4.78 is 17.3. The summed E-state index contributed by atoms with van der Waals surface area (Å²) in [6.45, 7) is 1.59. The lowest BCUT2D eigenvalue weighted by Gasteiger charge is -2.34. The summed E-state index contributed by atoms with van der Waals surface area (Å²) in [5.74, 6) is -0.310. The fourth-order valence-electron chi connectivity index (χ4n) is 3.61. The zero-order chi connectivity index (χ0) is 20.7. The van der Waals surface area contributed by atoms with Gasteiger partial charge in [-0.3, -0.25) is 0 Å². The van der Waals surface area contributed by atoms with Crippen LogP contribution in [0.2, 0.25) is 0 Å². The first kappa shape index (κ1) is 20.3. The van der Waals surface area contributed by atoms with Gasteiger partial charge in [0.2, 0.25) is 0 Å². The minimum absolute atomic E-state index is 0.247. The van der Waals surface area contributed by atoms with E-state index in [2.05, 4.69) is 24.3 Å². The predicted molar refractivity (Wildman–Crippen MR) is 116 cm³/mol. The van der Waals surface area contributed by atoms with Crippen molar-refractivity contribution in [1.82, 2.24) is 0 Å². The number of carbonyl (C=O) groups is 1. The minimum atomic E-state index is -0.953. The first-order chi connectivity index (χ1) is 14.8.